The van der Waals surface area contributed by atoms with Crippen molar-refractivity contribution < 1.29 is 13.2 Å². The van der Waals surface area contributed by atoms with E-state index in [-0.39, 0.29) is 16.7 Å². The van der Waals surface area contributed by atoms with Crippen LogP contribution in [0.3, 0.4) is 0 Å². The van der Waals surface area contributed by atoms with Crippen molar-refractivity contribution in [2.45, 2.75) is 24.0 Å². The second-order valence-electron chi connectivity index (χ2n) is 5.13. The first-order chi connectivity index (χ1) is 11.4. The predicted molar refractivity (Wildman–Crippen MR) is 97.1 cm³/mol. The minimum Gasteiger partial charge on any atom is -0.355 e. The van der Waals surface area contributed by atoms with E-state index in [2.05, 4.69) is 10.0 Å². The molecule has 2 rings (SSSR count). The summed E-state index contributed by atoms with van der Waals surface area (Å²) in [5, 5.41) is 3.33. The van der Waals surface area contributed by atoms with Crippen molar-refractivity contribution in [1.29, 1.82) is 0 Å². The van der Waals surface area contributed by atoms with Gasteiger partial charge in [0.1, 0.15) is 4.21 Å². The summed E-state index contributed by atoms with van der Waals surface area (Å²) in [5.41, 5.74) is 1.01. The van der Waals surface area contributed by atoms with Gasteiger partial charge in [0.15, 0.2) is 0 Å². The third kappa shape index (κ3) is 5.59. The minimum atomic E-state index is -3.64. The molecule has 2 aromatic rings. The third-order valence-electron chi connectivity index (χ3n) is 3.30. The number of thiophene rings is 1. The van der Waals surface area contributed by atoms with Gasteiger partial charge in [-0.25, -0.2) is 13.1 Å². The molecule has 1 aromatic carbocycles. The maximum absolute atomic E-state index is 12.1. The van der Waals surface area contributed by atoms with E-state index >= 15 is 0 Å². The molecule has 24 heavy (non-hydrogen) atoms. The molecule has 0 saturated carbocycles. The first-order valence-corrected chi connectivity index (χ1v) is 10.2. The number of sulfonamides is 1. The lowest BCUT2D eigenvalue weighted by molar-refractivity contribution is -0.119. The monoisotopic (exact) mass is 386 g/mol. The highest BCUT2D eigenvalue weighted by Gasteiger charge is 2.17. The fourth-order valence-corrected chi connectivity index (χ4v) is 4.56. The number of hydrogen-bond donors (Lipinski definition) is 2. The van der Waals surface area contributed by atoms with Gasteiger partial charge in [-0.05, 0) is 42.7 Å². The van der Waals surface area contributed by atoms with Crippen LogP contribution in [0.1, 0.15) is 17.4 Å². The number of benzene rings is 1. The Morgan fingerprint density at radius 3 is 2.71 bits per heavy atom. The molecular weight excluding hydrogens is 368 g/mol. The Kier molecular flexibility index (Phi) is 6.79. The van der Waals surface area contributed by atoms with Crippen molar-refractivity contribution in [1.82, 2.24) is 10.0 Å². The molecule has 2 N–H and O–H groups in total. The zero-order valence-electron chi connectivity index (χ0n) is 13.2. The Labute approximate surface area is 151 Å². The topological polar surface area (TPSA) is 75.3 Å². The van der Waals surface area contributed by atoms with Crippen LogP contribution in [0.25, 0.3) is 0 Å². The lowest BCUT2D eigenvalue weighted by Crippen LogP contribution is -2.37. The molecular formula is C16H19ClN2O3S2. The van der Waals surface area contributed by atoms with Crippen molar-refractivity contribution >= 4 is 38.9 Å². The predicted octanol–water partition coefficient (Wildman–Crippen LogP) is 2.60. The summed E-state index contributed by atoms with van der Waals surface area (Å²) in [5.74, 6) is -0.368. The van der Waals surface area contributed by atoms with Crippen LogP contribution in [0.4, 0.5) is 0 Å². The van der Waals surface area contributed by atoms with E-state index in [1.54, 1.807) is 18.2 Å². The second-order valence-corrected chi connectivity index (χ2v) is 8.73. The van der Waals surface area contributed by atoms with Crippen LogP contribution in [0.2, 0.25) is 5.02 Å². The summed E-state index contributed by atoms with van der Waals surface area (Å²) in [6.07, 6.45) is 1.41. The molecule has 0 aliphatic rings. The zero-order chi connectivity index (χ0) is 17.6. The van der Waals surface area contributed by atoms with Crippen LogP contribution in [0, 0.1) is 0 Å². The van der Waals surface area contributed by atoms with Gasteiger partial charge in [0.2, 0.25) is 5.91 Å². The average Bonchev–Trinajstić information content (AvgIpc) is 3.03. The van der Waals surface area contributed by atoms with Crippen molar-refractivity contribution in [3.8, 4) is 0 Å². The van der Waals surface area contributed by atoms with Gasteiger partial charge in [0.05, 0.1) is 6.54 Å². The van der Waals surface area contributed by atoms with Crippen LogP contribution < -0.4 is 10.0 Å². The molecule has 0 aliphatic carbocycles. The molecule has 0 aliphatic heterocycles. The maximum Gasteiger partial charge on any atom is 0.250 e. The highest BCUT2D eigenvalue weighted by Crippen LogP contribution is 2.21. The quantitative estimate of drug-likeness (QED) is 0.732. The summed E-state index contributed by atoms with van der Waals surface area (Å²) < 4.78 is 26.8. The largest absolute Gasteiger partial charge is 0.355 e. The van der Waals surface area contributed by atoms with Crippen LogP contribution in [-0.4, -0.2) is 27.4 Å². The molecule has 0 unspecified atom stereocenters. The molecule has 0 radical (unpaired) electrons. The Morgan fingerprint density at radius 1 is 1.25 bits per heavy atom. The molecule has 5 nitrogen and oxygen atoms in total. The highest BCUT2D eigenvalue weighted by atomic mass is 35.5. The molecule has 1 aromatic heterocycles. The van der Waals surface area contributed by atoms with Gasteiger partial charge in [-0.1, -0.05) is 30.7 Å². The third-order valence-corrected chi connectivity index (χ3v) is 6.66. The number of carbonyl (C=O) groups is 1. The number of hydrogen-bond acceptors (Lipinski definition) is 4. The van der Waals surface area contributed by atoms with Crippen LogP contribution in [0.5, 0.6) is 0 Å². The standard InChI is InChI=1S/C16H19ClN2O3S2/c1-2-14-6-7-16(23-14)24(21,22)19-11-15(20)18-9-8-12-4-3-5-13(17)10-12/h3-7,10,19H,2,8-9,11H2,1H3,(H,18,20). The Hall–Kier alpha value is -1.41. The molecule has 0 atom stereocenters. The molecule has 130 valence electrons. The first-order valence-electron chi connectivity index (χ1n) is 7.50. The SMILES string of the molecule is CCc1ccc(S(=O)(=O)NCC(=O)NCCc2cccc(Cl)c2)s1. The molecule has 0 spiro atoms. The van der Waals surface area contributed by atoms with E-state index in [0.717, 1.165) is 16.9 Å². The van der Waals surface area contributed by atoms with Crippen LogP contribution in [-0.2, 0) is 27.7 Å². The maximum atomic E-state index is 12.1. The van der Waals surface area contributed by atoms with E-state index in [9.17, 15) is 13.2 Å². The normalized spacial score (nSPS) is 11.4. The number of aryl methyl sites for hydroxylation is 1. The summed E-state index contributed by atoms with van der Waals surface area (Å²) in [6, 6.07) is 10.7. The molecule has 0 saturated heterocycles. The molecule has 0 fully saturated rings. The Morgan fingerprint density at radius 2 is 2.04 bits per heavy atom. The Balaban J connectivity index is 1.78. The molecule has 1 amide bonds. The van der Waals surface area contributed by atoms with Crippen LogP contribution >= 0.6 is 22.9 Å². The van der Waals surface area contributed by atoms with Gasteiger partial charge >= 0.3 is 0 Å². The number of rotatable bonds is 8. The van der Waals surface area contributed by atoms with Crippen molar-refractivity contribution in [3.63, 3.8) is 0 Å². The lowest BCUT2D eigenvalue weighted by atomic mass is 10.1. The lowest BCUT2D eigenvalue weighted by Gasteiger charge is -2.07. The summed E-state index contributed by atoms with van der Waals surface area (Å²) in [7, 11) is -3.64. The number of halogens is 1. The average molecular weight is 387 g/mol. The van der Waals surface area contributed by atoms with E-state index < -0.39 is 10.0 Å². The van der Waals surface area contributed by atoms with Gasteiger partial charge in [0, 0.05) is 16.4 Å². The molecule has 0 bridgehead atoms. The summed E-state index contributed by atoms with van der Waals surface area (Å²) >= 11 is 7.11. The van der Waals surface area contributed by atoms with Gasteiger partial charge in [-0.2, -0.15) is 0 Å². The second kappa shape index (κ2) is 8.62. The van der Waals surface area contributed by atoms with Crippen molar-refractivity contribution in [2.24, 2.45) is 0 Å². The van der Waals surface area contributed by atoms with Crippen LogP contribution in [0.15, 0.2) is 40.6 Å². The Bertz CT molecular complexity index is 803. The molecule has 8 heteroatoms. The smallest absolute Gasteiger partial charge is 0.250 e. The number of amides is 1. The van der Waals surface area contributed by atoms with E-state index in [1.807, 2.05) is 25.1 Å². The zero-order valence-corrected chi connectivity index (χ0v) is 15.6. The van der Waals surface area contributed by atoms with Gasteiger partial charge < -0.3 is 5.32 Å². The molecule has 1 heterocycles. The van der Waals surface area contributed by atoms with Gasteiger partial charge in [-0.3, -0.25) is 4.79 Å². The number of carbonyl (C=O) groups excluding carboxylic acids is 1. The first kappa shape index (κ1) is 18.9. The summed E-state index contributed by atoms with van der Waals surface area (Å²) in [4.78, 5) is 12.8. The fourth-order valence-electron chi connectivity index (χ4n) is 2.03. The van der Waals surface area contributed by atoms with E-state index in [1.165, 1.54) is 11.3 Å². The number of nitrogens with one attached hydrogen (secondary N) is 2. The minimum absolute atomic E-state index is 0.228. The fraction of sp³-hybridized carbons (Fsp3) is 0.312. The van der Waals surface area contributed by atoms with E-state index in [0.29, 0.717) is 18.0 Å². The van der Waals surface area contributed by atoms with Crippen molar-refractivity contribution in [3.05, 3.63) is 51.9 Å². The van der Waals surface area contributed by atoms with E-state index in [4.69, 9.17) is 11.6 Å². The van der Waals surface area contributed by atoms with Crippen molar-refractivity contribution in [2.75, 3.05) is 13.1 Å². The highest BCUT2D eigenvalue weighted by molar-refractivity contribution is 7.91. The summed E-state index contributed by atoms with van der Waals surface area (Å²) in [6.45, 7) is 2.10. The van der Waals surface area contributed by atoms with Gasteiger partial charge in [-0.15, -0.1) is 11.3 Å². The van der Waals surface area contributed by atoms with Gasteiger partial charge in [0.25, 0.3) is 10.0 Å².